The Hall–Kier alpha value is -2.08. The van der Waals surface area contributed by atoms with Crippen molar-refractivity contribution in [3.8, 4) is 0 Å². The van der Waals surface area contributed by atoms with Gasteiger partial charge >= 0.3 is 0 Å². The van der Waals surface area contributed by atoms with Gasteiger partial charge in [0.05, 0.1) is 18.6 Å². The molecule has 2 rings (SSSR count). The highest BCUT2D eigenvalue weighted by molar-refractivity contribution is 6.29. The Morgan fingerprint density at radius 2 is 2.12 bits per heavy atom. The quantitative estimate of drug-likeness (QED) is 0.887. The number of aromatic nitrogens is 3. The van der Waals surface area contributed by atoms with Crippen LogP contribution in [0.15, 0.2) is 30.7 Å². The number of carbonyl (C=O) groups is 1. The van der Waals surface area contributed by atoms with E-state index in [1.807, 2.05) is 0 Å². The van der Waals surface area contributed by atoms with E-state index in [0.29, 0.717) is 0 Å². The van der Waals surface area contributed by atoms with Crippen LogP contribution >= 0.6 is 11.6 Å². The van der Waals surface area contributed by atoms with Gasteiger partial charge in [-0.1, -0.05) is 11.6 Å². The average molecular weight is 253 g/mol. The molecule has 0 aliphatic rings. The number of anilines is 1. The van der Waals surface area contributed by atoms with Crippen LogP contribution < -0.4 is 5.32 Å². The molecule has 0 saturated carbocycles. The first kappa shape index (κ1) is 11.4. The molecule has 2 heterocycles. The zero-order valence-electron chi connectivity index (χ0n) is 8.39. The molecule has 1 amide bonds. The lowest BCUT2D eigenvalue weighted by atomic mass is 10.3. The Kier molecular flexibility index (Phi) is 3.24. The van der Waals surface area contributed by atoms with E-state index in [-0.39, 0.29) is 16.7 Å². The molecule has 1 N–H and O–H groups in total. The summed E-state index contributed by atoms with van der Waals surface area (Å²) in [5.41, 5.74) is 0.0770. The summed E-state index contributed by atoms with van der Waals surface area (Å²) in [5.74, 6) is -0.820. The predicted octanol–water partition coefficient (Wildman–Crippen LogP) is 1.92. The van der Waals surface area contributed by atoms with E-state index in [1.165, 1.54) is 18.5 Å². The molecule has 0 aromatic carbocycles. The van der Waals surface area contributed by atoms with Gasteiger partial charge < -0.3 is 5.32 Å². The highest BCUT2D eigenvalue weighted by atomic mass is 35.5. The van der Waals surface area contributed by atoms with Crippen LogP contribution in [0.25, 0.3) is 0 Å². The van der Waals surface area contributed by atoms with Crippen molar-refractivity contribution >= 4 is 23.3 Å². The molecule has 2 aromatic heterocycles. The summed E-state index contributed by atoms with van der Waals surface area (Å²) in [6.45, 7) is 0. The Labute approximate surface area is 101 Å². The molecule has 0 atom stereocenters. The van der Waals surface area contributed by atoms with Crippen LogP contribution in [-0.2, 0) is 0 Å². The van der Waals surface area contributed by atoms with E-state index in [9.17, 15) is 9.18 Å². The van der Waals surface area contributed by atoms with Crippen LogP contribution in [0, 0.1) is 5.82 Å². The van der Waals surface area contributed by atoms with E-state index in [1.54, 1.807) is 0 Å². The molecule has 86 valence electrons. The minimum Gasteiger partial charge on any atom is -0.304 e. The first-order valence-electron chi connectivity index (χ1n) is 4.55. The number of rotatable bonds is 2. The number of nitrogens with one attached hydrogen (secondary N) is 1. The summed E-state index contributed by atoms with van der Waals surface area (Å²) in [6.07, 6.45) is 3.64. The van der Waals surface area contributed by atoms with Crippen molar-refractivity contribution in [1.29, 1.82) is 0 Å². The molecule has 0 saturated heterocycles. The molecule has 0 fully saturated rings. The maximum atomic E-state index is 12.6. The standard InChI is InChI=1S/C10H6ClFN4O/c11-8-4-13-5-9(15-8)16-10(17)7-2-1-6(12)3-14-7/h1-5H,(H,15,16,17). The third-order valence-corrected chi connectivity index (χ3v) is 1.99. The molecular weight excluding hydrogens is 247 g/mol. The lowest BCUT2D eigenvalue weighted by molar-refractivity contribution is 0.102. The maximum absolute atomic E-state index is 12.6. The van der Waals surface area contributed by atoms with Gasteiger partial charge in [0.2, 0.25) is 0 Å². The van der Waals surface area contributed by atoms with Crippen LogP contribution in [0.2, 0.25) is 5.15 Å². The van der Waals surface area contributed by atoms with Gasteiger partial charge in [0, 0.05) is 0 Å². The van der Waals surface area contributed by atoms with E-state index in [2.05, 4.69) is 20.3 Å². The van der Waals surface area contributed by atoms with Gasteiger partial charge in [0.1, 0.15) is 16.7 Å². The zero-order chi connectivity index (χ0) is 12.3. The van der Waals surface area contributed by atoms with Gasteiger partial charge in [0.15, 0.2) is 5.82 Å². The SMILES string of the molecule is O=C(Nc1cncc(Cl)n1)c1ccc(F)cn1. The topological polar surface area (TPSA) is 67.8 Å². The highest BCUT2D eigenvalue weighted by Crippen LogP contribution is 2.08. The molecule has 0 unspecified atom stereocenters. The van der Waals surface area contributed by atoms with Crippen molar-refractivity contribution < 1.29 is 9.18 Å². The smallest absolute Gasteiger partial charge is 0.275 e. The number of nitrogens with zero attached hydrogens (tertiary/aromatic N) is 3. The van der Waals surface area contributed by atoms with Crippen molar-refractivity contribution in [1.82, 2.24) is 15.0 Å². The summed E-state index contributed by atoms with van der Waals surface area (Å²) >= 11 is 5.60. The Morgan fingerprint density at radius 1 is 1.29 bits per heavy atom. The Balaban J connectivity index is 2.14. The molecule has 7 heteroatoms. The summed E-state index contributed by atoms with van der Waals surface area (Å²) in [4.78, 5) is 22.8. The number of hydrogen-bond acceptors (Lipinski definition) is 4. The van der Waals surface area contributed by atoms with Crippen LogP contribution in [0.4, 0.5) is 10.2 Å². The first-order valence-corrected chi connectivity index (χ1v) is 4.93. The fourth-order valence-corrected chi connectivity index (χ4v) is 1.24. The number of pyridine rings is 1. The summed E-state index contributed by atoms with van der Waals surface area (Å²) < 4.78 is 12.6. The minimum absolute atomic E-state index is 0.0770. The van der Waals surface area contributed by atoms with Crippen LogP contribution in [0.3, 0.4) is 0 Å². The van der Waals surface area contributed by atoms with E-state index in [4.69, 9.17) is 11.6 Å². The molecule has 17 heavy (non-hydrogen) atoms. The largest absolute Gasteiger partial charge is 0.304 e. The van der Waals surface area contributed by atoms with Gasteiger partial charge in [-0.3, -0.25) is 9.78 Å². The normalized spacial score (nSPS) is 10.0. The Bertz CT molecular complexity index is 546. The third-order valence-electron chi connectivity index (χ3n) is 1.81. The third kappa shape index (κ3) is 2.94. The maximum Gasteiger partial charge on any atom is 0.275 e. The molecule has 0 bridgehead atoms. The van der Waals surface area contributed by atoms with Crippen molar-refractivity contribution in [3.05, 3.63) is 47.4 Å². The van der Waals surface area contributed by atoms with Gasteiger partial charge in [0.25, 0.3) is 5.91 Å². The first-order chi connectivity index (χ1) is 8.15. The van der Waals surface area contributed by atoms with Crippen molar-refractivity contribution in [2.75, 3.05) is 5.32 Å². The fraction of sp³-hybridized carbons (Fsp3) is 0. The van der Waals surface area contributed by atoms with Gasteiger partial charge in [-0.2, -0.15) is 0 Å². The summed E-state index contributed by atoms with van der Waals surface area (Å²) in [5, 5.41) is 2.60. The number of hydrogen-bond donors (Lipinski definition) is 1. The van der Waals surface area contributed by atoms with E-state index < -0.39 is 11.7 Å². The van der Waals surface area contributed by atoms with Crippen LogP contribution in [0.1, 0.15) is 10.5 Å². The predicted molar refractivity (Wildman–Crippen MR) is 59.2 cm³/mol. The Morgan fingerprint density at radius 3 is 2.76 bits per heavy atom. The lowest BCUT2D eigenvalue weighted by Crippen LogP contribution is -2.14. The molecule has 0 radical (unpaired) electrons. The molecule has 0 aliphatic carbocycles. The van der Waals surface area contributed by atoms with Crippen LogP contribution in [0.5, 0.6) is 0 Å². The van der Waals surface area contributed by atoms with Gasteiger partial charge in [-0.05, 0) is 12.1 Å². The van der Waals surface area contributed by atoms with Crippen molar-refractivity contribution in [2.24, 2.45) is 0 Å². The van der Waals surface area contributed by atoms with Crippen molar-refractivity contribution in [3.63, 3.8) is 0 Å². The van der Waals surface area contributed by atoms with Crippen molar-refractivity contribution in [2.45, 2.75) is 0 Å². The zero-order valence-corrected chi connectivity index (χ0v) is 9.15. The second kappa shape index (κ2) is 4.84. The second-order valence-corrected chi connectivity index (χ2v) is 3.43. The van der Waals surface area contributed by atoms with Gasteiger partial charge in [-0.25, -0.2) is 14.4 Å². The number of carbonyl (C=O) groups excluding carboxylic acids is 1. The summed E-state index contributed by atoms with van der Waals surface area (Å²) in [6, 6.07) is 2.41. The molecule has 0 spiro atoms. The van der Waals surface area contributed by atoms with Crippen LogP contribution in [-0.4, -0.2) is 20.9 Å². The van der Waals surface area contributed by atoms with E-state index >= 15 is 0 Å². The number of halogens is 2. The number of amides is 1. The highest BCUT2D eigenvalue weighted by Gasteiger charge is 2.08. The molecule has 5 nitrogen and oxygen atoms in total. The minimum atomic E-state index is -0.512. The van der Waals surface area contributed by atoms with E-state index in [0.717, 1.165) is 12.3 Å². The molecule has 0 aliphatic heterocycles. The molecular formula is C10H6ClFN4O. The fourth-order valence-electron chi connectivity index (χ4n) is 1.09. The monoisotopic (exact) mass is 252 g/mol. The molecule has 2 aromatic rings. The summed E-state index contributed by atoms with van der Waals surface area (Å²) in [7, 11) is 0. The average Bonchev–Trinajstić information content (AvgIpc) is 2.29. The van der Waals surface area contributed by atoms with Gasteiger partial charge in [-0.15, -0.1) is 0 Å². The lowest BCUT2D eigenvalue weighted by Gasteiger charge is -2.03. The second-order valence-electron chi connectivity index (χ2n) is 3.04.